The summed E-state index contributed by atoms with van der Waals surface area (Å²) in [4.78, 5) is 14.3. The molecule has 0 aromatic carbocycles. The number of anilines is 1. The van der Waals surface area contributed by atoms with E-state index in [1.807, 2.05) is 6.20 Å². The van der Waals surface area contributed by atoms with Crippen LogP contribution >= 0.6 is 0 Å². The van der Waals surface area contributed by atoms with E-state index in [0.29, 0.717) is 5.92 Å². The molecule has 0 bridgehead atoms. The standard InChI is InChI=1S/C16H24N4O/c1-2-13(1)16-17-6-3-15(18-16)20-9-7-19(8-10-20)14-4-11-21-12-5-14/h3,6,13-14H,1-2,4-5,7-12H2. The third-order valence-corrected chi connectivity index (χ3v) is 4.95. The second kappa shape index (κ2) is 5.89. The van der Waals surface area contributed by atoms with Crippen LogP contribution in [0.5, 0.6) is 0 Å². The predicted molar refractivity (Wildman–Crippen MR) is 81.6 cm³/mol. The van der Waals surface area contributed by atoms with Crippen molar-refractivity contribution in [3.05, 3.63) is 18.1 Å². The molecule has 0 radical (unpaired) electrons. The van der Waals surface area contributed by atoms with Gasteiger partial charge in [-0.1, -0.05) is 0 Å². The van der Waals surface area contributed by atoms with E-state index in [2.05, 4.69) is 20.9 Å². The number of aromatic nitrogens is 2. The van der Waals surface area contributed by atoms with Gasteiger partial charge in [-0.05, 0) is 31.7 Å². The number of hydrogen-bond donors (Lipinski definition) is 0. The van der Waals surface area contributed by atoms with Crippen molar-refractivity contribution in [2.24, 2.45) is 0 Å². The van der Waals surface area contributed by atoms with Crippen molar-refractivity contribution < 1.29 is 4.74 Å². The van der Waals surface area contributed by atoms with Crippen LogP contribution in [-0.2, 0) is 4.74 Å². The van der Waals surface area contributed by atoms with Gasteiger partial charge in [-0.15, -0.1) is 0 Å². The first-order valence-corrected chi connectivity index (χ1v) is 8.30. The Kier molecular flexibility index (Phi) is 3.78. The van der Waals surface area contributed by atoms with Crippen molar-refractivity contribution in [3.8, 4) is 0 Å². The second-order valence-corrected chi connectivity index (χ2v) is 6.41. The second-order valence-electron chi connectivity index (χ2n) is 6.41. The average molecular weight is 288 g/mol. The van der Waals surface area contributed by atoms with Crippen LogP contribution in [0.1, 0.15) is 37.4 Å². The summed E-state index contributed by atoms with van der Waals surface area (Å²) in [5, 5.41) is 0. The molecule has 1 aromatic rings. The van der Waals surface area contributed by atoms with E-state index in [0.717, 1.165) is 57.1 Å². The molecule has 1 aromatic heterocycles. The molecule has 0 N–H and O–H groups in total. The molecular weight excluding hydrogens is 264 g/mol. The maximum Gasteiger partial charge on any atom is 0.133 e. The lowest BCUT2D eigenvalue weighted by Gasteiger charge is -2.41. The van der Waals surface area contributed by atoms with Gasteiger partial charge in [0.05, 0.1) is 0 Å². The van der Waals surface area contributed by atoms with E-state index >= 15 is 0 Å². The van der Waals surface area contributed by atoms with Crippen molar-refractivity contribution in [3.63, 3.8) is 0 Å². The first kappa shape index (κ1) is 13.5. The van der Waals surface area contributed by atoms with Crippen LogP contribution in [0.2, 0.25) is 0 Å². The Labute approximate surface area is 126 Å². The van der Waals surface area contributed by atoms with Gasteiger partial charge in [-0.2, -0.15) is 0 Å². The molecule has 2 saturated heterocycles. The quantitative estimate of drug-likeness (QED) is 0.846. The van der Waals surface area contributed by atoms with Gasteiger partial charge in [0.2, 0.25) is 0 Å². The van der Waals surface area contributed by atoms with Crippen molar-refractivity contribution in [1.29, 1.82) is 0 Å². The maximum atomic E-state index is 5.47. The molecule has 1 aliphatic carbocycles. The van der Waals surface area contributed by atoms with E-state index in [9.17, 15) is 0 Å². The third-order valence-electron chi connectivity index (χ3n) is 4.95. The first-order valence-electron chi connectivity index (χ1n) is 8.30. The summed E-state index contributed by atoms with van der Waals surface area (Å²) in [5.41, 5.74) is 0. The smallest absolute Gasteiger partial charge is 0.133 e. The van der Waals surface area contributed by atoms with Crippen LogP contribution in [0.3, 0.4) is 0 Å². The summed E-state index contributed by atoms with van der Waals surface area (Å²) in [6, 6.07) is 2.80. The topological polar surface area (TPSA) is 41.5 Å². The Morgan fingerprint density at radius 3 is 2.48 bits per heavy atom. The minimum Gasteiger partial charge on any atom is -0.381 e. The molecule has 1 saturated carbocycles. The first-order chi connectivity index (χ1) is 10.4. The van der Waals surface area contributed by atoms with Gasteiger partial charge in [0.25, 0.3) is 0 Å². The molecule has 3 heterocycles. The summed E-state index contributed by atoms with van der Waals surface area (Å²) >= 11 is 0. The zero-order chi connectivity index (χ0) is 14.1. The van der Waals surface area contributed by atoms with Gasteiger partial charge in [0.15, 0.2) is 0 Å². The lowest BCUT2D eigenvalue weighted by atomic mass is 10.1. The van der Waals surface area contributed by atoms with E-state index in [4.69, 9.17) is 9.72 Å². The molecule has 5 nitrogen and oxygen atoms in total. The van der Waals surface area contributed by atoms with E-state index < -0.39 is 0 Å². The number of piperazine rings is 1. The minimum absolute atomic E-state index is 0.633. The Morgan fingerprint density at radius 1 is 1.00 bits per heavy atom. The van der Waals surface area contributed by atoms with Crippen molar-refractivity contribution in [2.75, 3.05) is 44.3 Å². The average Bonchev–Trinajstić information content (AvgIpc) is 3.41. The summed E-state index contributed by atoms with van der Waals surface area (Å²) in [6.45, 7) is 6.32. The summed E-state index contributed by atoms with van der Waals surface area (Å²) < 4.78 is 5.47. The number of nitrogens with zero attached hydrogens (tertiary/aromatic N) is 4. The highest BCUT2D eigenvalue weighted by molar-refractivity contribution is 5.38. The van der Waals surface area contributed by atoms with Crippen LogP contribution in [0, 0.1) is 0 Å². The van der Waals surface area contributed by atoms with Gasteiger partial charge in [-0.3, -0.25) is 4.90 Å². The molecule has 0 amide bonds. The van der Waals surface area contributed by atoms with Crippen molar-refractivity contribution in [2.45, 2.75) is 37.6 Å². The zero-order valence-electron chi connectivity index (χ0n) is 12.6. The minimum atomic E-state index is 0.633. The molecule has 2 aliphatic heterocycles. The highest BCUT2D eigenvalue weighted by atomic mass is 16.5. The van der Waals surface area contributed by atoms with Gasteiger partial charge in [0.1, 0.15) is 11.6 Å². The molecule has 0 unspecified atom stereocenters. The molecule has 3 aliphatic rings. The number of rotatable bonds is 3. The van der Waals surface area contributed by atoms with Crippen LogP contribution in [0.4, 0.5) is 5.82 Å². The van der Waals surface area contributed by atoms with Crippen molar-refractivity contribution >= 4 is 5.82 Å². The highest BCUT2D eigenvalue weighted by Gasteiger charge is 2.28. The molecule has 5 heteroatoms. The SMILES string of the molecule is c1cc(N2CCN(C3CCOCC3)CC2)nc(C2CC2)n1. The lowest BCUT2D eigenvalue weighted by molar-refractivity contribution is 0.0321. The summed E-state index contributed by atoms with van der Waals surface area (Å²) in [7, 11) is 0. The molecule has 21 heavy (non-hydrogen) atoms. The normalized spacial score (nSPS) is 25.2. The van der Waals surface area contributed by atoms with Gasteiger partial charge in [-0.25, -0.2) is 9.97 Å². The Morgan fingerprint density at radius 2 is 1.76 bits per heavy atom. The Bertz CT molecular complexity index is 477. The third kappa shape index (κ3) is 3.04. The lowest BCUT2D eigenvalue weighted by Crippen LogP contribution is -2.51. The Hall–Kier alpha value is -1.20. The highest BCUT2D eigenvalue weighted by Crippen LogP contribution is 2.38. The van der Waals surface area contributed by atoms with Crippen LogP contribution in [0.15, 0.2) is 12.3 Å². The fraction of sp³-hybridized carbons (Fsp3) is 0.750. The summed E-state index contributed by atoms with van der Waals surface area (Å²) in [6.07, 6.45) is 6.85. The molecule has 0 spiro atoms. The number of hydrogen-bond acceptors (Lipinski definition) is 5. The molecule has 4 rings (SSSR count). The molecular formula is C16H24N4O. The van der Waals surface area contributed by atoms with E-state index in [1.54, 1.807) is 0 Å². The maximum absolute atomic E-state index is 5.47. The van der Waals surface area contributed by atoms with Crippen molar-refractivity contribution in [1.82, 2.24) is 14.9 Å². The van der Waals surface area contributed by atoms with E-state index in [-0.39, 0.29) is 0 Å². The van der Waals surface area contributed by atoms with Crippen LogP contribution in [-0.4, -0.2) is 60.3 Å². The fourth-order valence-electron chi connectivity index (χ4n) is 3.44. The fourth-order valence-corrected chi connectivity index (χ4v) is 3.44. The predicted octanol–water partition coefficient (Wildman–Crippen LogP) is 1.66. The molecule has 3 fully saturated rings. The monoisotopic (exact) mass is 288 g/mol. The summed E-state index contributed by atoms with van der Waals surface area (Å²) in [5.74, 6) is 2.81. The van der Waals surface area contributed by atoms with Gasteiger partial charge < -0.3 is 9.64 Å². The largest absolute Gasteiger partial charge is 0.381 e. The van der Waals surface area contributed by atoms with E-state index in [1.165, 1.54) is 25.7 Å². The van der Waals surface area contributed by atoms with Crippen LogP contribution in [0.25, 0.3) is 0 Å². The Balaban J connectivity index is 1.37. The zero-order valence-corrected chi connectivity index (χ0v) is 12.6. The van der Waals surface area contributed by atoms with Gasteiger partial charge >= 0.3 is 0 Å². The van der Waals surface area contributed by atoms with Crippen LogP contribution < -0.4 is 4.90 Å². The molecule has 114 valence electrons. The molecule has 0 atom stereocenters. The van der Waals surface area contributed by atoms with Gasteiger partial charge in [0, 0.05) is 57.5 Å². The number of ether oxygens (including phenoxy) is 1.